The predicted octanol–water partition coefficient (Wildman–Crippen LogP) is 4.69. The lowest BCUT2D eigenvalue weighted by atomic mass is 9.93. The third-order valence-corrected chi connectivity index (χ3v) is 7.51. The normalized spacial score (nSPS) is 21.8. The zero-order chi connectivity index (χ0) is 27.4. The molecule has 13 heteroatoms. The topological polar surface area (TPSA) is 104 Å². The number of hydrogen-bond donors (Lipinski definition) is 2. The van der Waals surface area contributed by atoms with Gasteiger partial charge in [-0.3, -0.25) is 9.89 Å². The molecule has 2 N–H and O–H groups in total. The van der Waals surface area contributed by atoms with E-state index in [1.54, 1.807) is 18.5 Å². The fourth-order valence-electron chi connectivity index (χ4n) is 4.39. The van der Waals surface area contributed by atoms with Crippen molar-refractivity contribution < 1.29 is 32.6 Å². The van der Waals surface area contributed by atoms with Crippen LogP contribution in [0.3, 0.4) is 0 Å². The van der Waals surface area contributed by atoms with Gasteiger partial charge in [-0.15, -0.1) is 11.3 Å². The number of thiazole rings is 1. The number of aromatic nitrogens is 1. The van der Waals surface area contributed by atoms with Crippen molar-refractivity contribution in [3.05, 3.63) is 74.1 Å². The number of hydrogen-bond acceptors (Lipinski definition) is 8. The summed E-state index contributed by atoms with van der Waals surface area (Å²) >= 11 is 4.64. The molecule has 38 heavy (non-hydrogen) atoms. The monoisotopic (exact) mass is 612 g/mol. The quantitative estimate of drug-likeness (QED) is 0.329. The van der Waals surface area contributed by atoms with Crippen molar-refractivity contribution in [3.8, 4) is 0 Å². The fraction of sp³-hybridized carbons (Fsp3) is 0.360. The van der Waals surface area contributed by atoms with Crippen LogP contribution in [0.4, 0.5) is 13.2 Å². The molecule has 1 aromatic carbocycles. The van der Waals surface area contributed by atoms with E-state index in [0.29, 0.717) is 20.9 Å². The largest absolute Gasteiger partial charge is 0.478 e. The molecule has 0 spiro atoms. The molecule has 2 unspecified atom stereocenters. The predicted molar refractivity (Wildman–Crippen MR) is 139 cm³/mol. The maximum absolute atomic E-state index is 14.5. The summed E-state index contributed by atoms with van der Waals surface area (Å²) in [6.45, 7) is 0.900. The number of aliphatic carboxylic acids is 1. The summed E-state index contributed by atoms with van der Waals surface area (Å²) in [6.07, 6.45) is 3.51. The van der Waals surface area contributed by atoms with Crippen molar-refractivity contribution in [2.45, 2.75) is 37.8 Å². The molecule has 1 saturated heterocycles. The van der Waals surface area contributed by atoms with Crippen molar-refractivity contribution in [3.63, 3.8) is 0 Å². The minimum absolute atomic E-state index is 0.0269. The first-order valence-electron chi connectivity index (χ1n) is 11.7. The number of halogens is 4. The van der Waals surface area contributed by atoms with Gasteiger partial charge in [0.25, 0.3) is 5.92 Å². The van der Waals surface area contributed by atoms with Crippen LogP contribution >= 0.6 is 27.3 Å². The van der Waals surface area contributed by atoms with Crippen molar-refractivity contribution in [1.29, 1.82) is 0 Å². The molecular weight excluding hydrogens is 589 g/mol. The summed E-state index contributed by atoms with van der Waals surface area (Å²) in [5, 5.41) is 14.4. The van der Waals surface area contributed by atoms with E-state index in [1.165, 1.54) is 40.5 Å². The van der Waals surface area contributed by atoms with Gasteiger partial charge in [-0.2, -0.15) is 0 Å². The van der Waals surface area contributed by atoms with E-state index in [9.17, 15) is 22.8 Å². The van der Waals surface area contributed by atoms with Crippen LogP contribution < -0.4 is 5.32 Å². The molecule has 2 atom stereocenters. The molecule has 1 fully saturated rings. The van der Waals surface area contributed by atoms with Crippen LogP contribution in [-0.2, 0) is 14.3 Å². The van der Waals surface area contributed by atoms with Crippen molar-refractivity contribution in [2.24, 2.45) is 4.99 Å². The first-order valence-corrected chi connectivity index (χ1v) is 13.4. The number of amidine groups is 1. The molecule has 0 saturated carbocycles. The maximum Gasteiger partial charge on any atom is 0.338 e. The summed E-state index contributed by atoms with van der Waals surface area (Å²) < 4.78 is 48.6. The van der Waals surface area contributed by atoms with Gasteiger partial charge in [-0.1, -0.05) is 28.1 Å². The van der Waals surface area contributed by atoms with E-state index < -0.39 is 48.7 Å². The van der Waals surface area contributed by atoms with Crippen LogP contribution in [0.15, 0.2) is 62.7 Å². The number of benzene rings is 1. The number of aliphatic imine (C=N–C) groups is 1. The average molecular weight is 613 g/mol. The molecule has 0 aliphatic carbocycles. The minimum atomic E-state index is -3.00. The highest BCUT2D eigenvalue weighted by Crippen LogP contribution is 2.38. The Morgan fingerprint density at radius 2 is 2.18 bits per heavy atom. The van der Waals surface area contributed by atoms with E-state index in [2.05, 4.69) is 26.2 Å². The number of rotatable bonds is 8. The Bertz CT molecular complexity index is 1300. The van der Waals surface area contributed by atoms with Crippen LogP contribution in [0.5, 0.6) is 0 Å². The van der Waals surface area contributed by atoms with Crippen LogP contribution in [0.2, 0.25) is 0 Å². The molecule has 8 nitrogen and oxygen atoms in total. The Kier molecular flexibility index (Phi) is 8.68. The van der Waals surface area contributed by atoms with E-state index in [0.717, 1.165) is 6.08 Å². The highest BCUT2D eigenvalue weighted by atomic mass is 79.9. The molecule has 3 heterocycles. The number of carbonyl (C=O) groups excluding carboxylic acids is 1. The Hall–Kier alpha value is -3.03. The third-order valence-electron chi connectivity index (χ3n) is 6.04. The molecule has 1 aromatic heterocycles. The fourth-order valence-corrected chi connectivity index (χ4v) is 5.55. The number of alkyl halides is 2. The zero-order valence-corrected chi connectivity index (χ0v) is 22.6. The Morgan fingerprint density at radius 3 is 2.84 bits per heavy atom. The first kappa shape index (κ1) is 28.0. The number of piperidine rings is 1. The lowest BCUT2D eigenvalue weighted by Crippen LogP contribution is -2.50. The molecule has 2 aliphatic rings. The van der Waals surface area contributed by atoms with E-state index in [4.69, 9.17) is 14.8 Å². The van der Waals surface area contributed by atoms with Gasteiger partial charge in [0.2, 0.25) is 0 Å². The van der Waals surface area contributed by atoms with Gasteiger partial charge in [0.05, 0.1) is 18.7 Å². The van der Waals surface area contributed by atoms with Gasteiger partial charge < -0.3 is 15.2 Å². The summed E-state index contributed by atoms with van der Waals surface area (Å²) in [5.41, 5.74) is 0.805. The lowest BCUT2D eigenvalue weighted by molar-refractivity contribution is -0.139. The second kappa shape index (κ2) is 11.8. The third kappa shape index (κ3) is 6.51. The van der Waals surface area contributed by atoms with Gasteiger partial charge in [0, 0.05) is 46.8 Å². The highest BCUT2D eigenvalue weighted by molar-refractivity contribution is 9.10. The van der Waals surface area contributed by atoms with Crippen LogP contribution in [0.25, 0.3) is 0 Å². The standard InChI is InChI=1S/C25H24BrF3N4O4S/c1-2-37-24(36)20-18(12-33-13-25(28,29)8-7-15(33)4-6-19(34)35)31-22(23-30-9-10-38-23)32-21(20)16-5-3-14(27)11-17(16)26/h3-6,9-11,15,21H,2,7-8,12-13H2,1H3,(H,31,32)(H,34,35)/b6-4+. The van der Waals surface area contributed by atoms with Gasteiger partial charge in [0.15, 0.2) is 10.8 Å². The van der Waals surface area contributed by atoms with E-state index in [1.807, 2.05) is 0 Å². The number of ether oxygens (including phenoxy) is 1. The molecule has 0 bridgehead atoms. The summed E-state index contributed by atoms with van der Waals surface area (Å²) in [5.74, 6) is -5.09. The molecule has 2 aliphatic heterocycles. The summed E-state index contributed by atoms with van der Waals surface area (Å²) in [4.78, 5) is 34.8. The second-order valence-electron chi connectivity index (χ2n) is 8.69. The summed E-state index contributed by atoms with van der Waals surface area (Å²) in [6, 6.07) is 2.40. The highest BCUT2D eigenvalue weighted by Gasteiger charge is 2.41. The van der Waals surface area contributed by atoms with Crippen LogP contribution in [0, 0.1) is 5.82 Å². The zero-order valence-electron chi connectivity index (χ0n) is 20.2. The molecule has 0 amide bonds. The van der Waals surface area contributed by atoms with E-state index in [-0.39, 0.29) is 30.8 Å². The SMILES string of the molecule is CCOC(=O)C1=C(CN2CC(F)(F)CCC2/C=C/C(=O)O)NC(c2nccs2)=NC1c1ccc(F)cc1Br. The number of esters is 1. The Morgan fingerprint density at radius 1 is 1.39 bits per heavy atom. The van der Waals surface area contributed by atoms with Gasteiger partial charge >= 0.3 is 11.9 Å². The molecule has 4 rings (SSSR count). The summed E-state index contributed by atoms with van der Waals surface area (Å²) in [7, 11) is 0. The van der Waals surface area contributed by atoms with Crippen molar-refractivity contribution in [2.75, 3.05) is 19.7 Å². The van der Waals surface area contributed by atoms with Gasteiger partial charge in [-0.05, 0) is 31.0 Å². The first-order chi connectivity index (χ1) is 18.1. The number of nitrogens with one attached hydrogen (secondary N) is 1. The molecule has 0 radical (unpaired) electrons. The number of nitrogens with zero attached hydrogens (tertiary/aromatic N) is 3. The van der Waals surface area contributed by atoms with E-state index >= 15 is 0 Å². The van der Waals surface area contributed by atoms with Gasteiger partial charge in [0.1, 0.15) is 11.9 Å². The molecule has 2 aromatic rings. The Labute approximate surface area is 229 Å². The second-order valence-corrected chi connectivity index (χ2v) is 10.4. The lowest BCUT2D eigenvalue weighted by Gasteiger charge is -2.39. The minimum Gasteiger partial charge on any atom is -0.478 e. The maximum atomic E-state index is 14.5. The molecular formula is C25H24BrF3N4O4S. The number of likely N-dealkylation sites (tertiary alicyclic amines) is 1. The number of carbonyl (C=O) groups is 2. The van der Waals surface area contributed by atoms with Crippen LogP contribution in [-0.4, -0.2) is 64.4 Å². The average Bonchev–Trinajstić information content (AvgIpc) is 3.38. The number of carboxylic acid groups (broad SMARTS) is 1. The molecule has 202 valence electrons. The van der Waals surface area contributed by atoms with Gasteiger partial charge in [-0.25, -0.2) is 27.7 Å². The Balaban J connectivity index is 1.83. The van der Waals surface area contributed by atoms with Crippen molar-refractivity contribution >= 4 is 45.0 Å². The smallest absolute Gasteiger partial charge is 0.338 e. The van der Waals surface area contributed by atoms with Crippen molar-refractivity contribution in [1.82, 2.24) is 15.2 Å². The number of carboxylic acids is 1. The van der Waals surface area contributed by atoms with Crippen LogP contribution in [0.1, 0.15) is 36.4 Å².